The molecule has 0 aliphatic rings. The van der Waals surface area contributed by atoms with Crippen LogP contribution in [0.3, 0.4) is 0 Å². The minimum atomic E-state index is -0.384. The number of ether oxygens (including phenoxy) is 2. The van der Waals surface area contributed by atoms with Gasteiger partial charge in [-0.2, -0.15) is 0 Å². The molecule has 0 saturated heterocycles. The fourth-order valence-corrected chi connectivity index (χ4v) is 2.35. The number of methoxy groups -OCH3 is 1. The molecule has 0 aliphatic carbocycles. The maximum atomic E-state index is 12.2. The summed E-state index contributed by atoms with van der Waals surface area (Å²) in [5.41, 5.74) is 3.13. The number of esters is 1. The molecule has 3 rings (SSSR count). The summed E-state index contributed by atoms with van der Waals surface area (Å²) in [7, 11) is 1.63. The molecule has 26 heavy (non-hydrogen) atoms. The molecule has 3 aromatic carbocycles. The molecule has 3 aromatic rings. The molecule has 0 unspecified atom stereocenters. The first-order valence-electron chi connectivity index (χ1n) is 8.22. The Morgan fingerprint density at radius 3 is 2.27 bits per heavy atom. The number of benzene rings is 3. The van der Waals surface area contributed by atoms with Crippen LogP contribution in [0.25, 0.3) is 0 Å². The average Bonchev–Trinajstić information content (AvgIpc) is 2.69. The Balaban J connectivity index is 1.66. The maximum absolute atomic E-state index is 12.2. The Morgan fingerprint density at radius 1 is 0.923 bits per heavy atom. The molecule has 0 spiro atoms. The lowest BCUT2D eigenvalue weighted by Crippen LogP contribution is -2.08. The Bertz CT molecular complexity index is 913. The van der Waals surface area contributed by atoms with Gasteiger partial charge < -0.3 is 9.47 Å². The van der Waals surface area contributed by atoms with Crippen molar-refractivity contribution in [1.29, 1.82) is 0 Å². The second-order valence-corrected chi connectivity index (χ2v) is 5.73. The Morgan fingerprint density at radius 2 is 1.62 bits per heavy atom. The molecule has 0 atom stereocenters. The van der Waals surface area contributed by atoms with Gasteiger partial charge in [0.15, 0.2) is 0 Å². The van der Waals surface area contributed by atoms with Crippen molar-refractivity contribution in [3.63, 3.8) is 0 Å². The molecule has 0 aromatic heterocycles. The first kappa shape index (κ1) is 17.4. The van der Waals surface area contributed by atoms with Crippen molar-refractivity contribution in [2.45, 2.75) is 6.92 Å². The third kappa shape index (κ3) is 4.36. The van der Waals surface area contributed by atoms with Crippen molar-refractivity contribution in [1.82, 2.24) is 0 Å². The number of aryl methyl sites for hydroxylation is 1. The topological polar surface area (TPSA) is 47.9 Å². The van der Waals surface area contributed by atoms with E-state index >= 15 is 0 Å². The van der Waals surface area contributed by atoms with Crippen LogP contribution in [0.4, 0.5) is 5.69 Å². The monoisotopic (exact) mass is 345 g/mol. The van der Waals surface area contributed by atoms with Gasteiger partial charge in [-0.15, -0.1) is 0 Å². The van der Waals surface area contributed by atoms with E-state index in [4.69, 9.17) is 9.47 Å². The van der Waals surface area contributed by atoms with Crippen LogP contribution in [0.1, 0.15) is 21.5 Å². The second-order valence-electron chi connectivity index (χ2n) is 5.73. The number of aliphatic imine (C=N–C) groups is 1. The highest BCUT2D eigenvalue weighted by Gasteiger charge is 2.09. The van der Waals surface area contributed by atoms with Gasteiger partial charge >= 0.3 is 5.97 Å². The van der Waals surface area contributed by atoms with Crippen LogP contribution in [0.5, 0.6) is 11.5 Å². The Kier molecular flexibility index (Phi) is 5.44. The zero-order chi connectivity index (χ0) is 18.4. The normalized spacial score (nSPS) is 10.7. The van der Waals surface area contributed by atoms with E-state index in [2.05, 4.69) is 4.99 Å². The zero-order valence-electron chi connectivity index (χ0n) is 14.7. The van der Waals surface area contributed by atoms with Gasteiger partial charge in [0.05, 0.1) is 18.4 Å². The molecule has 0 heterocycles. The van der Waals surface area contributed by atoms with Crippen molar-refractivity contribution in [3.05, 3.63) is 89.5 Å². The van der Waals surface area contributed by atoms with Crippen molar-refractivity contribution >= 4 is 17.9 Å². The molecule has 4 nitrogen and oxygen atoms in total. The minimum absolute atomic E-state index is 0.384. The standard InChI is InChI=1S/C22H19NO3/c1-16-5-3-4-6-21(16)26-22(24)18-9-11-19(12-10-18)23-15-17-7-13-20(25-2)14-8-17/h3-15H,1-2H3. The lowest BCUT2D eigenvalue weighted by molar-refractivity contribution is 0.0733. The second kappa shape index (κ2) is 8.12. The summed E-state index contributed by atoms with van der Waals surface area (Å²) >= 11 is 0. The lowest BCUT2D eigenvalue weighted by Gasteiger charge is -2.07. The molecular formula is C22H19NO3. The molecule has 0 saturated carbocycles. The van der Waals surface area contributed by atoms with Crippen molar-refractivity contribution in [2.75, 3.05) is 7.11 Å². The summed E-state index contributed by atoms with van der Waals surface area (Å²) in [6.07, 6.45) is 1.76. The van der Waals surface area contributed by atoms with Gasteiger partial charge in [0, 0.05) is 6.21 Å². The highest BCUT2D eigenvalue weighted by atomic mass is 16.5. The molecular weight excluding hydrogens is 326 g/mol. The Labute approximate surface area is 152 Å². The van der Waals surface area contributed by atoms with Gasteiger partial charge in [-0.25, -0.2) is 4.79 Å². The highest BCUT2D eigenvalue weighted by Crippen LogP contribution is 2.19. The highest BCUT2D eigenvalue weighted by molar-refractivity contribution is 5.91. The number of carbonyl (C=O) groups is 1. The third-order valence-corrected chi connectivity index (χ3v) is 3.88. The maximum Gasteiger partial charge on any atom is 0.343 e. The number of carbonyl (C=O) groups excluding carboxylic acids is 1. The predicted octanol–water partition coefficient (Wildman–Crippen LogP) is 4.97. The van der Waals surface area contributed by atoms with E-state index in [1.807, 2.05) is 49.4 Å². The molecule has 0 fully saturated rings. The molecule has 4 heteroatoms. The first-order chi connectivity index (χ1) is 12.7. The summed E-state index contributed by atoms with van der Waals surface area (Å²) in [5.74, 6) is 0.989. The van der Waals surface area contributed by atoms with E-state index in [9.17, 15) is 4.79 Å². The molecule has 0 amide bonds. The first-order valence-corrected chi connectivity index (χ1v) is 8.22. The van der Waals surface area contributed by atoms with Crippen LogP contribution in [0, 0.1) is 6.92 Å². The van der Waals surface area contributed by atoms with Crippen LogP contribution in [-0.2, 0) is 0 Å². The number of para-hydroxylation sites is 1. The van der Waals surface area contributed by atoms with Gasteiger partial charge in [-0.1, -0.05) is 18.2 Å². The number of rotatable bonds is 5. The number of nitrogens with zero attached hydrogens (tertiary/aromatic N) is 1. The Hall–Kier alpha value is -3.40. The largest absolute Gasteiger partial charge is 0.497 e. The van der Waals surface area contributed by atoms with Gasteiger partial charge in [0.1, 0.15) is 11.5 Å². The van der Waals surface area contributed by atoms with E-state index in [-0.39, 0.29) is 5.97 Å². The number of hydrogen-bond acceptors (Lipinski definition) is 4. The summed E-state index contributed by atoms with van der Waals surface area (Å²) in [4.78, 5) is 16.7. The van der Waals surface area contributed by atoms with Crippen molar-refractivity contribution < 1.29 is 14.3 Å². The van der Waals surface area contributed by atoms with Gasteiger partial charge in [0.25, 0.3) is 0 Å². The molecule has 0 aliphatic heterocycles. The van der Waals surface area contributed by atoms with Crippen LogP contribution in [0.2, 0.25) is 0 Å². The zero-order valence-corrected chi connectivity index (χ0v) is 14.7. The molecule has 130 valence electrons. The summed E-state index contributed by atoms with van der Waals surface area (Å²) in [5, 5.41) is 0. The minimum Gasteiger partial charge on any atom is -0.497 e. The molecule has 0 N–H and O–H groups in total. The summed E-state index contributed by atoms with van der Waals surface area (Å²) < 4.78 is 10.6. The van der Waals surface area contributed by atoms with E-state index in [1.54, 1.807) is 43.7 Å². The fraction of sp³-hybridized carbons (Fsp3) is 0.0909. The fourth-order valence-electron chi connectivity index (χ4n) is 2.35. The molecule has 0 radical (unpaired) electrons. The quantitative estimate of drug-likeness (QED) is 0.372. The van der Waals surface area contributed by atoms with Crippen LogP contribution in [0.15, 0.2) is 77.8 Å². The number of hydrogen-bond donors (Lipinski definition) is 0. The predicted molar refractivity (Wildman–Crippen MR) is 103 cm³/mol. The van der Waals surface area contributed by atoms with E-state index in [0.29, 0.717) is 11.3 Å². The lowest BCUT2D eigenvalue weighted by atomic mass is 10.2. The third-order valence-electron chi connectivity index (χ3n) is 3.88. The van der Waals surface area contributed by atoms with Crippen LogP contribution in [-0.4, -0.2) is 19.3 Å². The SMILES string of the molecule is COc1ccc(C=Nc2ccc(C(=O)Oc3ccccc3C)cc2)cc1. The van der Waals surface area contributed by atoms with Gasteiger partial charge in [0.2, 0.25) is 0 Å². The smallest absolute Gasteiger partial charge is 0.343 e. The average molecular weight is 345 g/mol. The van der Waals surface area contributed by atoms with Crippen molar-refractivity contribution in [3.8, 4) is 11.5 Å². The summed E-state index contributed by atoms with van der Waals surface area (Å²) in [6, 6.07) is 22.0. The van der Waals surface area contributed by atoms with E-state index in [0.717, 1.165) is 22.6 Å². The van der Waals surface area contributed by atoms with Gasteiger partial charge in [-0.3, -0.25) is 4.99 Å². The van der Waals surface area contributed by atoms with E-state index in [1.165, 1.54) is 0 Å². The van der Waals surface area contributed by atoms with Gasteiger partial charge in [-0.05, 0) is 72.6 Å². The summed E-state index contributed by atoms with van der Waals surface area (Å²) in [6.45, 7) is 1.90. The van der Waals surface area contributed by atoms with Crippen molar-refractivity contribution in [2.24, 2.45) is 4.99 Å². The van der Waals surface area contributed by atoms with Crippen LogP contribution < -0.4 is 9.47 Å². The van der Waals surface area contributed by atoms with Crippen LogP contribution >= 0.6 is 0 Å². The molecule has 0 bridgehead atoms. The van der Waals surface area contributed by atoms with E-state index < -0.39 is 0 Å².